The predicted octanol–water partition coefficient (Wildman–Crippen LogP) is 3.56. The molecule has 0 aromatic rings. The molecule has 0 aliphatic heterocycles. The first kappa shape index (κ1) is 21.6. The van der Waals surface area contributed by atoms with Crippen molar-refractivity contribution in [2.45, 2.75) is 64.2 Å². The van der Waals surface area contributed by atoms with Gasteiger partial charge in [0, 0.05) is 0 Å². The lowest BCUT2D eigenvalue weighted by Crippen LogP contribution is -2.23. The smallest absolute Gasteiger partial charge is 0.317 e. The maximum absolute atomic E-state index is 10.3. The Morgan fingerprint density at radius 3 is 2.00 bits per heavy atom. The van der Waals surface area contributed by atoms with Crippen LogP contribution < -0.4 is 5.32 Å². The van der Waals surface area contributed by atoms with E-state index in [0.717, 1.165) is 32.2 Å². The molecule has 7 nitrogen and oxygen atoms in total. The first-order valence-corrected chi connectivity index (χ1v) is 8.66. The van der Waals surface area contributed by atoms with Crippen LogP contribution in [0.5, 0.6) is 0 Å². The lowest BCUT2D eigenvalue weighted by Gasteiger charge is -2.03. The van der Waals surface area contributed by atoms with Crippen LogP contribution in [0.4, 0.5) is 0 Å². The van der Waals surface area contributed by atoms with E-state index < -0.39 is 5.97 Å². The summed E-state index contributed by atoms with van der Waals surface area (Å²) in [7, 11) is 0. The van der Waals surface area contributed by atoms with Crippen molar-refractivity contribution in [3.05, 3.63) is 0 Å². The Hall–Kier alpha value is -0.380. The van der Waals surface area contributed by atoms with E-state index in [1.165, 1.54) is 38.5 Å². The fraction of sp³-hybridized carbons (Fsp3) is 0.929. The van der Waals surface area contributed by atoms with Crippen LogP contribution in [0.3, 0.4) is 0 Å². The number of carboxylic acid groups (broad SMARTS) is 1. The highest BCUT2D eigenvalue weighted by Crippen LogP contribution is 2.10. The molecule has 8 heteroatoms. The third-order valence-corrected chi connectivity index (χ3v) is 3.33. The first-order chi connectivity index (χ1) is 10.8. The van der Waals surface area contributed by atoms with Crippen molar-refractivity contribution < 1.29 is 28.7 Å². The highest BCUT2D eigenvalue weighted by atomic mass is 32.2. The summed E-state index contributed by atoms with van der Waals surface area (Å²) in [4.78, 5) is 14.9. The molecular weight excluding hydrogens is 310 g/mol. The Morgan fingerprint density at radius 2 is 1.45 bits per heavy atom. The number of aliphatic carboxylic acids is 1. The summed E-state index contributed by atoms with van der Waals surface area (Å²) < 4.78 is 12.2. The second-order valence-electron chi connectivity index (χ2n) is 5.14. The summed E-state index contributed by atoms with van der Waals surface area (Å²) in [6, 6.07) is 0. The van der Waals surface area contributed by atoms with Gasteiger partial charge in [-0.1, -0.05) is 56.4 Å². The average molecular weight is 339 g/mol. The van der Waals surface area contributed by atoms with Crippen LogP contribution in [-0.4, -0.2) is 35.3 Å². The van der Waals surface area contributed by atoms with Crippen LogP contribution in [0.25, 0.3) is 0 Å². The van der Waals surface area contributed by atoms with Gasteiger partial charge in [-0.15, -0.1) is 4.33 Å². The van der Waals surface area contributed by atoms with Crippen LogP contribution in [-0.2, 0) is 19.1 Å². The van der Waals surface area contributed by atoms with Gasteiger partial charge >= 0.3 is 5.97 Å². The quantitative estimate of drug-likeness (QED) is 0.151. The third-order valence-electron chi connectivity index (χ3n) is 3.21. The zero-order chi connectivity index (χ0) is 16.3. The van der Waals surface area contributed by atoms with Crippen LogP contribution in [0.15, 0.2) is 0 Å². The molecule has 0 bridgehead atoms. The van der Waals surface area contributed by atoms with Gasteiger partial charge in [0.2, 0.25) is 0 Å². The molecule has 0 amide bonds. The number of hydrogen-bond donors (Lipinski definition) is 3. The minimum atomic E-state index is -0.795. The SMILES string of the molecule is O=C(O)CNCCCCCCCCCCCCOOOSO. The molecule has 0 spiro atoms. The maximum atomic E-state index is 10.3. The highest BCUT2D eigenvalue weighted by molar-refractivity contribution is 7.88. The first-order valence-electron chi connectivity index (χ1n) is 7.96. The van der Waals surface area contributed by atoms with Crippen molar-refractivity contribution >= 4 is 18.3 Å². The van der Waals surface area contributed by atoms with E-state index in [1.54, 1.807) is 0 Å². The molecule has 0 saturated heterocycles. The average Bonchev–Trinajstić information content (AvgIpc) is 2.50. The molecule has 0 aliphatic carbocycles. The number of carbonyl (C=O) groups is 1. The monoisotopic (exact) mass is 339 g/mol. The molecule has 3 N–H and O–H groups in total. The van der Waals surface area contributed by atoms with E-state index >= 15 is 0 Å². The normalized spacial score (nSPS) is 11.0. The second-order valence-corrected chi connectivity index (χ2v) is 5.42. The van der Waals surface area contributed by atoms with Crippen LogP contribution >= 0.6 is 12.3 Å². The van der Waals surface area contributed by atoms with Crippen molar-refractivity contribution in [1.82, 2.24) is 5.32 Å². The Bertz CT molecular complexity index is 245. The molecule has 0 aliphatic rings. The van der Waals surface area contributed by atoms with Gasteiger partial charge < -0.3 is 15.0 Å². The van der Waals surface area contributed by atoms with Gasteiger partial charge in [-0.05, 0) is 19.4 Å². The molecule has 0 atom stereocenters. The van der Waals surface area contributed by atoms with Gasteiger partial charge in [-0.2, -0.15) is 0 Å². The number of nitrogens with one attached hydrogen (secondary N) is 1. The molecule has 132 valence electrons. The van der Waals surface area contributed by atoms with Gasteiger partial charge in [0.05, 0.1) is 13.2 Å². The summed E-state index contributed by atoms with van der Waals surface area (Å²) in [5, 5.41) is 15.5. The largest absolute Gasteiger partial charge is 0.480 e. The number of hydrogen-bond acceptors (Lipinski definition) is 7. The Morgan fingerprint density at radius 1 is 0.909 bits per heavy atom. The maximum Gasteiger partial charge on any atom is 0.317 e. The molecule has 0 unspecified atom stereocenters. The second kappa shape index (κ2) is 18.7. The van der Waals surface area contributed by atoms with Gasteiger partial charge in [0.25, 0.3) is 0 Å². The minimum absolute atomic E-state index is 0.0601. The van der Waals surface area contributed by atoms with E-state index in [1.807, 2.05) is 0 Å². The molecular formula is C14H29NO6S. The van der Waals surface area contributed by atoms with Gasteiger partial charge in [-0.25, -0.2) is 4.89 Å². The molecule has 0 aromatic heterocycles. The lowest BCUT2D eigenvalue weighted by molar-refractivity contribution is -0.462. The van der Waals surface area contributed by atoms with Crippen molar-refractivity contribution in [2.24, 2.45) is 0 Å². The Balaban J connectivity index is 2.95. The van der Waals surface area contributed by atoms with Crippen LogP contribution in [0, 0.1) is 0 Å². The molecule has 0 aromatic carbocycles. The van der Waals surface area contributed by atoms with E-state index in [2.05, 4.69) is 19.6 Å². The Kier molecular flexibility index (Phi) is 18.3. The number of unbranched alkanes of at least 4 members (excludes halogenated alkanes) is 9. The highest BCUT2D eigenvalue weighted by Gasteiger charge is 1.96. The molecule has 0 heterocycles. The molecule has 0 fully saturated rings. The molecule has 22 heavy (non-hydrogen) atoms. The van der Waals surface area contributed by atoms with Crippen LogP contribution in [0.2, 0.25) is 0 Å². The summed E-state index contributed by atoms with van der Waals surface area (Å²) in [6.07, 6.45) is 11.7. The lowest BCUT2D eigenvalue weighted by atomic mass is 10.1. The molecule has 0 radical (unpaired) electrons. The number of rotatable bonds is 18. The van der Waals surface area contributed by atoms with Gasteiger partial charge in [-0.3, -0.25) is 4.79 Å². The fourth-order valence-electron chi connectivity index (χ4n) is 2.09. The van der Waals surface area contributed by atoms with Gasteiger partial charge in [0.15, 0.2) is 12.3 Å². The van der Waals surface area contributed by atoms with Crippen molar-refractivity contribution in [1.29, 1.82) is 0 Å². The third kappa shape index (κ3) is 19.6. The standard InChI is InChI=1S/C14H29NO6S/c16-14(17)13-15-11-9-7-5-3-1-2-4-6-8-10-12-19-20-21-22-18/h15,18H,1-13H2,(H,16,17). The van der Waals surface area contributed by atoms with Crippen LogP contribution in [0.1, 0.15) is 64.2 Å². The van der Waals surface area contributed by atoms with Crippen molar-refractivity contribution in [3.8, 4) is 0 Å². The summed E-state index contributed by atoms with van der Waals surface area (Å²) in [5.41, 5.74) is 0. The van der Waals surface area contributed by atoms with Crippen molar-refractivity contribution in [3.63, 3.8) is 0 Å². The van der Waals surface area contributed by atoms with E-state index in [-0.39, 0.29) is 18.9 Å². The molecule has 0 saturated carbocycles. The van der Waals surface area contributed by atoms with Crippen molar-refractivity contribution in [2.75, 3.05) is 19.7 Å². The zero-order valence-electron chi connectivity index (χ0n) is 13.1. The molecule has 0 rings (SSSR count). The zero-order valence-corrected chi connectivity index (χ0v) is 13.9. The van der Waals surface area contributed by atoms with Gasteiger partial charge in [0.1, 0.15) is 0 Å². The Labute approximate surface area is 137 Å². The minimum Gasteiger partial charge on any atom is -0.480 e. The summed E-state index contributed by atoms with van der Waals surface area (Å²) in [6.45, 7) is 1.32. The van der Waals surface area contributed by atoms with E-state index in [0.29, 0.717) is 6.61 Å². The van der Waals surface area contributed by atoms with E-state index in [4.69, 9.17) is 9.66 Å². The summed E-state index contributed by atoms with van der Waals surface area (Å²) in [5.74, 6) is -0.795. The van der Waals surface area contributed by atoms with E-state index in [9.17, 15) is 4.79 Å². The number of carboxylic acids is 1. The fourth-order valence-corrected chi connectivity index (χ4v) is 2.15. The summed E-state index contributed by atoms with van der Waals surface area (Å²) >= 11 is 0.115. The predicted molar refractivity (Wildman–Crippen MR) is 85.0 cm³/mol. The topological polar surface area (TPSA) is 97.3 Å².